The lowest BCUT2D eigenvalue weighted by Gasteiger charge is -2.11. The minimum absolute atomic E-state index is 1.15. The lowest BCUT2D eigenvalue weighted by Crippen LogP contribution is -1.94. The van der Waals surface area contributed by atoms with Gasteiger partial charge in [-0.3, -0.25) is 0 Å². The van der Waals surface area contributed by atoms with Gasteiger partial charge in [-0.25, -0.2) is 0 Å². The van der Waals surface area contributed by atoms with Crippen LogP contribution in [0.5, 0.6) is 0 Å². The molecule has 0 atom stereocenters. The zero-order valence-corrected chi connectivity index (χ0v) is 27.4. The molecule has 0 saturated heterocycles. The van der Waals surface area contributed by atoms with Crippen molar-refractivity contribution in [3.63, 3.8) is 0 Å². The first-order chi connectivity index (χ1) is 24.8. The van der Waals surface area contributed by atoms with Crippen molar-refractivity contribution in [3.8, 4) is 44.8 Å². The summed E-state index contributed by atoms with van der Waals surface area (Å²) >= 11 is 0. The predicted octanol–water partition coefficient (Wildman–Crippen LogP) is 12.9. The summed E-state index contributed by atoms with van der Waals surface area (Å²) in [6.45, 7) is 0. The van der Waals surface area contributed by atoms with Gasteiger partial charge in [0.05, 0.1) is 22.1 Å². The quantitative estimate of drug-likeness (QED) is 0.178. The third kappa shape index (κ3) is 4.43. The molecule has 0 aliphatic heterocycles. The van der Waals surface area contributed by atoms with Crippen molar-refractivity contribution in [2.75, 3.05) is 0 Å². The van der Waals surface area contributed by atoms with E-state index in [1.165, 1.54) is 82.7 Å². The summed E-state index contributed by atoms with van der Waals surface area (Å²) in [4.78, 5) is 0. The molecule has 0 saturated carbocycles. The van der Waals surface area contributed by atoms with E-state index in [2.05, 4.69) is 203 Å². The van der Waals surface area contributed by atoms with Gasteiger partial charge in [0.1, 0.15) is 0 Å². The largest absolute Gasteiger partial charge is 0.309 e. The van der Waals surface area contributed by atoms with Crippen LogP contribution in [-0.2, 0) is 0 Å². The number of aromatic nitrogens is 2. The standard InChI is InChI=1S/C48H32N2/c1-3-13-33(14-4-1)34-25-27-35(28-26-34)36-29-31-38(32-30-36)50-44-22-10-8-18-42(44)48-40(20-12-24-46(48)50)39-19-11-23-45-47(39)41-17-7-9-21-43(41)49(45)37-15-5-2-6-16-37/h1-32H. The highest BCUT2D eigenvalue weighted by Gasteiger charge is 2.20. The van der Waals surface area contributed by atoms with Crippen molar-refractivity contribution in [2.24, 2.45) is 0 Å². The van der Waals surface area contributed by atoms with Crippen LogP contribution in [-0.4, -0.2) is 9.13 Å². The molecule has 0 aliphatic carbocycles. The van der Waals surface area contributed by atoms with Crippen LogP contribution in [0.25, 0.3) is 88.4 Å². The SMILES string of the molecule is c1ccc(-c2ccc(-c3ccc(-n4c5ccccc5c5c(-c6cccc7c6c6ccccc6n7-c6ccccc6)cccc54)cc3)cc2)cc1. The molecule has 2 heteroatoms. The lowest BCUT2D eigenvalue weighted by molar-refractivity contribution is 1.18. The molecule has 0 spiro atoms. The number of fused-ring (bicyclic) bond motifs is 6. The zero-order chi connectivity index (χ0) is 33.0. The van der Waals surface area contributed by atoms with Gasteiger partial charge in [-0.1, -0.05) is 146 Å². The highest BCUT2D eigenvalue weighted by Crippen LogP contribution is 2.44. The molecule has 10 rings (SSSR count). The Labute approximate surface area is 290 Å². The maximum atomic E-state index is 2.42. The van der Waals surface area contributed by atoms with E-state index in [9.17, 15) is 0 Å². The van der Waals surface area contributed by atoms with Crippen LogP contribution >= 0.6 is 0 Å². The van der Waals surface area contributed by atoms with Gasteiger partial charge < -0.3 is 9.13 Å². The van der Waals surface area contributed by atoms with Gasteiger partial charge in [0.2, 0.25) is 0 Å². The van der Waals surface area contributed by atoms with Crippen molar-refractivity contribution < 1.29 is 0 Å². The fraction of sp³-hybridized carbons (Fsp3) is 0. The fourth-order valence-electron chi connectivity index (χ4n) is 7.91. The summed E-state index contributed by atoms with van der Waals surface area (Å²) < 4.78 is 4.82. The Morgan fingerprint density at radius 3 is 1.10 bits per heavy atom. The topological polar surface area (TPSA) is 9.86 Å². The highest BCUT2D eigenvalue weighted by atomic mass is 15.0. The first-order valence-electron chi connectivity index (χ1n) is 17.2. The predicted molar refractivity (Wildman–Crippen MR) is 211 cm³/mol. The summed E-state index contributed by atoms with van der Waals surface area (Å²) in [6.07, 6.45) is 0. The molecule has 0 bridgehead atoms. The molecule has 0 amide bonds. The van der Waals surface area contributed by atoms with E-state index in [0.717, 1.165) is 5.69 Å². The molecule has 50 heavy (non-hydrogen) atoms. The molecule has 0 aliphatic rings. The van der Waals surface area contributed by atoms with Crippen molar-refractivity contribution in [1.29, 1.82) is 0 Å². The fourth-order valence-corrected chi connectivity index (χ4v) is 7.91. The smallest absolute Gasteiger partial charge is 0.0547 e. The number of nitrogens with zero attached hydrogens (tertiary/aromatic N) is 2. The maximum Gasteiger partial charge on any atom is 0.0547 e. The Kier molecular flexibility index (Phi) is 6.53. The van der Waals surface area contributed by atoms with Gasteiger partial charge in [-0.05, 0) is 81.9 Å². The highest BCUT2D eigenvalue weighted by molar-refractivity contribution is 6.22. The molecule has 2 nitrogen and oxygen atoms in total. The number of para-hydroxylation sites is 3. The molecule has 2 aromatic heterocycles. The third-order valence-corrected chi connectivity index (χ3v) is 10.2. The minimum Gasteiger partial charge on any atom is -0.309 e. The van der Waals surface area contributed by atoms with E-state index in [4.69, 9.17) is 0 Å². The molecule has 0 unspecified atom stereocenters. The summed E-state index contributed by atoms with van der Waals surface area (Å²) in [5.41, 5.74) is 14.5. The Morgan fingerprint density at radius 1 is 0.240 bits per heavy atom. The molecular formula is C48H32N2. The van der Waals surface area contributed by atoms with Crippen LogP contribution in [0.1, 0.15) is 0 Å². The Bertz CT molecular complexity index is 2820. The molecule has 0 N–H and O–H groups in total. The molecular weight excluding hydrogens is 605 g/mol. The monoisotopic (exact) mass is 636 g/mol. The van der Waals surface area contributed by atoms with Crippen molar-refractivity contribution >= 4 is 43.6 Å². The van der Waals surface area contributed by atoms with Gasteiger partial charge in [0, 0.05) is 32.9 Å². The van der Waals surface area contributed by atoms with Crippen molar-refractivity contribution in [3.05, 3.63) is 194 Å². The first kappa shape index (κ1) is 28.4. The number of rotatable bonds is 5. The third-order valence-electron chi connectivity index (χ3n) is 10.2. The van der Waals surface area contributed by atoms with Crippen LogP contribution in [0.15, 0.2) is 194 Å². The van der Waals surface area contributed by atoms with Gasteiger partial charge >= 0.3 is 0 Å². The van der Waals surface area contributed by atoms with Gasteiger partial charge in [-0.2, -0.15) is 0 Å². The molecule has 0 radical (unpaired) electrons. The van der Waals surface area contributed by atoms with E-state index in [1.807, 2.05) is 0 Å². The van der Waals surface area contributed by atoms with Crippen LogP contribution in [0.3, 0.4) is 0 Å². The summed E-state index contributed by atoms with van der Waals surface area (Å²) in [5, 5.41) is 5.06. The van der Waals surface area contributed by atoms with E-state index >= 15 is 0 Å². The van der Waals surface area contributed by atoms with E-state index in [1.54, 1.807) is 0 Å². The Hall–Kier alpha value is -6.64. The maximum absolute atomic E-state index is 2.42. The van der Waals surface area contributed by atoms with Gasteiger partial charge in [0.25, 0.3) is 0 Å². The van der Waals surface area contributed by atoms with Crippen molar-refractivity contribution in [2.45, 2.75) is 0 Å². The lowest BCUT2D eigenvalue weighted by atomic mass is 9.95. The molecule has 2 heterocycles. The number of hydrogen-bond donors (Lipinski definition) is 0. The van der Waals surface area contributed by atoms with E-state index < -0.39 is 0 Å². The second-order valence-electron chi connectivity index (χ2n) is 12.9. The first-order valence-corrected chi connectivity index (χ1v) is 17.2. The molecule has 10 aromatic rings. The number of benzene rings is 8. The Morgan fingerprint density at radius 2 is 0.600 bits per heavy atom. The second-order valence-corrected chi connectivity index (χ2v) is 12.9. The average molecular weight is 637 g/mol. The summed E-state index contributed by atoms with van der Waals surface area (Å²) in [7, 11) is 0. The van der Waals surface area contributed by atoms with E-state index in [0.29, 0.717) is 0 Å². The normalized spacial score (nSPS) is 11.6. The van der Waals surface area contributed by atoms with E-state index in [-0.39, 0.29) is 0 Å². The zero-order valence-electron chi connectivity index (χ0n) is 27.4. The van der Waals surface area contributed by atoms with Crippen molar-refractivity contribution in [1.82, 2.24) is 9.13 Å². The number of hydrogen-bond acceptors (Lipinski definition) is 0. The van der Waals surface area contributed by atoms with Crippen LogP contribution in [0.2, 0.25) is 0 Å². The molecule has 234 valence electrons. The van der Waals surface area contributed by atoms with Gasteiger partial charge in [-0.15, -0.1) is 0 Å². The van der Waals surface area contributed by atoms with Gasteiger partial charge in [0.15, 0.2) is 0 Å². The Balaban J connectivity index is 1.14. The molecule has 0 fully saturated rings. The van der Waals surface area contributed by atoms with Crippen LogP contribution in [0.4, 0.5) is 0 Å². The summed E-state index contributed by atoms with van der Waals surface area (Å²) in [6, 6.07) is 70.3. The average Bonchev–Trinajstić information content (AvgIpc) is 3.72. The second kappa shape index (κ2) is 11.5. The van der Waals surface area contributed by atoms with Crippen LogP contribution < -0.4 is 0 Å². The minimum atomic E-state index is 1.15. The molecule has 8 aromatic carbocycles. The van der Waals surface area contributed by atoms with Crippen LogP contribution in [0, 0.1) is 0 Å². The summed E-state index contributed by atoms with van der Waals surface area (Å²) in [5.74, 6) is 0.